The van der Waals surface area contributed by atoms with Crippen LogP contribution in [0, 0.1) is 23.7 Å². The van der Waals surface area contributed by atoms with Gasteiger partial charge in [0.25, 0.3) is 0 Å². The fraction of sp³-hybridized carbons (Fsp3) is 0.769. The Balaban J connectivity index is 1.30. The van der Waals surface area contributed by atoms with Gasteiger partial charge in [0.2, 0.25) is 0 Å². The molecular weight excluding hydrogens is 392 g/mol. The van der Waals surface area contributed by atoms with Crippen molar-refractivity contribution in [1.29, 1.82) is 0 Å². The van der Waals surface area contributed by atoms with Crippen molar-refractivity contribution in [2.75, 3.05) is 0 Å². The first kappa shape index (κ1) is 21.4. The van der Waals surface area contributed by atoms with Crippen molar-refractivity contribution >= 4 is 15.9 Å². The minimum atomic E-state index is 0.986. The fourth-order valence-corrected chi connectivity index (χ4v) is 6.04. The van der Waals surface area contributed by atoms with Crippen LogP contribution < -0.4 is 0 Å². The second-order valence-electron chi connectivity index (χ2n) is 9.58. The zero-order chi connectivity index (χ0) is 18.9. The van der Waals surface area contributed by atoms with Crippen LogP contribution in [0.4, 0.5) is 0 Å². The van der Waals surface area contributed by atoms with Gasteiger partial charge in [0.1, 0.15) is 0 Å². The molecule has 2 saturated carbocycles. The largest absolute Gasteiger partial charge is 0.0654 e. The first-order chi connectivity index (χ1) is 13.2. The van der Waals surface area contributed by atoms with Gasteiger partial charge in [-0.2, -0.15) is 0 Å². The van der Waals surface area contributed by atoms with Crippen LogP contribution in [0.3, 0.4) is 0 Å². The number of hydrogen-bond donors (Lipinski definition) is 0. The van der Waals surface area contributed by atoms with Crippen molar-refractivity contribution in [3.8, 4) is 0 Å². The molecule has 1 heteroatoms. The van der Waals surface area contributed by atoms with E-state index in [4.69, 9.17) is 0 Å². The van der Waals surface area contributed by atoms with Gasteiger partial charge in [0.05, 0.1) is 0 Å². The lowest BCUT2D eigenvalue weighted by molar-refractivity contribution is 0.140. The number of aryl methyl sites for hydroxylation is 1. The highest BCUT2D eigenvalue weighted by Crippen LogP contribution is 2.43. The molecule has 1 aromatic rings. The molecule has 0 spiro atoms. The maximum atomic E-state index is 3.54. The molecule has 0 aliphatic heterocycles. The maximum absolute atomic E-state index is 3.54. The highest BCUT2D eigenvalue weighted by atomic mass is 79.9. The Morgan fingerprint density at radius 3 is 1.81 bits per heavy atom. The first-order valence-electron chi connectivity index (χ1n) is 12.0. The second kappa shape index (κ2) is 11.6. The number of halogens is 1. The second-order valence-corrected chi connectivity index (χ2v) is 10.5. The number of unbranched alkanes of at least 4 members (excludes halogenated alkanes) is 3. The van der Waals surface area contributed by atoms with E-state index in [2.05, 4.69) is 47.1 Å². The van der Waals surface area contributed by atoms with Gasteiger partial charge in [0, 0.05) is 4.47 Å². The third kappa shape index (κ3) is 7.22. The van der Waals surface area contributed by atoms with Crippen molar-refractivity contribution in [2.24, 2.45) is 23.7 Å². The molecule has 0 aromatic heterocycles. The van der Waals surface area contributed by atoms with Gasteiger partial charge in [-0.3, -0.25) is 0 Å². The summed E-state index contributed by atoms with van der Waals surface area (Å²) in [5.41, 5.74) is 1.51. The lowest BCUT2D eigenvalue weighted by Gasteiger charge is -2.38. The molecule has 0 saturated heterocycles. The Morgan fingerprint density at radius 1 is 0.704 bits per heavy atom. The van der Waals surface area contributed by atoms with Crippen LogP contribution in [0.2, 0.25) is 0 Å². The molecule has 27 heavy (non-hydrogen) atoms. The Kier molecular flexibility index (Phi) is 9.23. The third-order valence-electron chi connectivity index (χ3n) is 7.67. The van der Waals surface area contributed by atoms with E-state index in [-0.39, 0.29) is 0 Å². The van der Waals surface area contributed by atoms with E-state index in [9.17, 15) is 0 Å². The summed E-state index contributed by atoms with van der Waals surface area (Å²) >= 11 is 3.54. The summed E-state index contributed by atoms with van der Waals surface area (Å²) in [5.74, 6) is 4.19. The van der Waals surface area contributed by atoms with Crippen LogP contribution in [0.1, 0.15) is 102 Å². The van der Waals surface area contributed by atoms with Crippen molar-refractivity contribution in [3.63, 3.8) is 0 Å². The van der Waals surface area contributed by atoms with Crippen molar-refractivity contribution in [2.45, 2.75) is 103 Å². The fourth-order valence-electron chi connectivity index (χ4n) is 5.78. The van der Waals surface area contributed by atoms with E-state index >= 15 is 0 Å². The van der Waals surface area contributed by atoms with E-state index < -0.39 is 0 Å². The van der Waals surface area contributed by atoms with E-state index in [1.165, 1.54) is 80.7 Å². The topological polar surface area (TPSA) is 0 Å². The minimum absolute atomic E-state index is 0.986. The van der Waals surface area contributed by atoms with E-state index in [1.807, 2.05) is 0 Å². The standard InChI is InChI=1S/C26H41Br/c1-2-3-4-5-6-21-9-15-24(16-10-21)25-17-11-22(12-18-25)7-8-23-13-19-26(27)20-14-23/h13-14,19-22,24-25H,2-12,15-18H2,1H3/t21-,22-,24-,25-. The lowest BCUT2D eigenvalue weighted by Crippen LogP contribution is -2.26. The SMILES string of the molecule is CCCCCC[C@H]1CC[C@H]([C@H]2CC[C@H](CCc3ccc(Br)cc3)CC2)CC1. The molecule has 0 atom stereocenters. The summed E-state index contributed by atoms with van der Waals surface area (Å²) in [6.07, 6.45) is 22.2. The molecule has 0 heterocycles. The predicted molar refractivity (Wildman–Crippen MR) is 122 cm³/mol. The van der Waals surface area contributed by atoms with E-state index in [1.54, 1.807) is 25.7 Å². The maximum Gasteiger partial charge on any atom is 0.0175 e. The summed E-state index contributed by atoms with van der Waals surface area (Å²) < 4.78 is 1.20. The molecule has 1 aromatic carbocycles. The average molecular weight is 434 g/mol. The van der Waals surface area contributed by atoms with E-state index in [0.717, 1.165) is 23.7 Å². The minimum Gasteiger partial charge on any atom is -0.0654 e. The molecule has 0 bridgehead atoms. The summed E-state index contributed by atoms with van der Waals surface area (Å²) in [6.45, 7) is 2.32. The molecule has 0 nitrogen and oxygen atoms in total. The molecular formula is C26H41Br. The predicted octanol–water partition coefficient (Wildman–Crippen LogP) is 8.96. The van der Waals surface area contributed by atoms with Gasteiger partial charge >= 0.3 is 0 Å². The van der Waals surface area contributed by atoms with Gasteiger partial charge in [-0.15, -0.1) is 0 Å². The number of benzene rings is 1. The molecule has 3 rings (SSSR count). The first-order valence-corrected chi connectivity index (χ1v) is 12.8. The Bertz CT molecular complexity index is 504. The smallest absolute Gasteiger partial charge is 0.0175 e. The van der Waals surface area contributed by atoms with Crippen LogP contribution in [0.5, 0.6) is 0 Å². The van der Waals surface area contributed by atoms with Gasteiger partial charge in [-0.05, 0) is 79.9 Å². The van der Waals surface area contributed by atoms with Crippen molar-refractivity contribution in [1.82, 2.24) is 0 Å². The highest BCUT2D eigenvalue weighted by Gasteiger charge is 2.30. The van der Waals surface area contributed by atoms with Crippen LogP contribution in [0.15, 0.2) is 28.7 Å². The lowest BCUT2D eigenvalue weighted by atomic mass is 9.68. The Labute approximate surface area is 177 Å². The molecule has 0 radical (unpaired) electrons. The highest BCUT2D eigenvalue weighted by molar-refractivity contribution is 9.10. The van der Waals surface area contributed by atoms with Crippen molar-refractivity contribution in [3.05, 3.63) is 34.3 Å². The molecule has 2 aliphatic carbocycles. The van der Waals surface area contributed by atoms with Crippen LogP contribution in [0.25, 0.3) is 0 Å². The Morgan fingerprint density at radius 2 is 1.26 bits per heavy atom. The van der Waals surface area contributed by atoms with Gasteiger partial charge in [-0.25, -0.2) is 0 Å². The molecule has 0 amide bonds. The summed E-state index contributed by atoms with van der Waals surface area (Å²) in [5, 5.41) is 0. The Hall–Kier alpha value is -0.300. The normalized spacial score (nSPS) is 29.0. The quantitative estimate of drug-likeness (QED) is 0.341. The number of hydrogen-bond acceptors (Lipinski definition) is 0. The third-order valence-corrected chi connectivity index (χ3v) is 8.20. The van der Waals surface area contributed by atoms with Crippen LogP contribution in [-0.4, -0.2) is 0 Å². The zero-order valence-electron chi connectivity index (χ0n) is 17.6. The molecule has 152 valence electrons. The molecule has 2 fully saturated rings. The van der Waals surface area contributed by atoms with Crippen LogP contribution in [-0.2, 0) is 6.42 Å². The summed E-state index contributed by atoms with van der Waals surface area (Å²) in [6, 6.07) is 8.95. The van der Waals surface area contributed by atoms with Gasteiger partial charge < -0.3 is 0 Å². The summed E-state index contributed by atoms with van der Waals surface area (Å²) in [4.78, 5) is 0. The monoisotopic (exact) mass is 432 g/mol. The molecule has 0 N–H and O–H groups in total. The summed E-state index contributed by atoms with van der Waals surface area (Å²) in [7, 11) is 0. The zero-order valence-corrected chi connectivity index (χ0v) is 19.2. The molecule has 0 unspecified atom stereocenters. The number of rotatable bonds is 9. The van der Waals surface area contributed by atoms with Gasteiger partial charge in [-0.1, -0.05) is 92.8 Å². The molecule has 2 aliphatic rings. The average Bonchev–Trinajstić information content (AvgIpc) is 2.72. The van der Waals surface area contributed by atoms with Crippen LogP contribution >= 0.6 is 15.9 Å². The van der Waals surface area contributed by atoms with Gasteiger partial charge in [0.15, 0.2) is 0 Å². The van der Waals surface area contributed by atoms with Crippen molar-refractivity contribution < 1.29 is 0 Å². The van der Waals surface area contributed by atoms with E-state index in [0.29, 0.717) is 0 Å².